The van der Waals surface area contributed by atoms with Gasteiger partial charge in [-0.2, -0.15) is 0 Å². The predicted octanol–water partition coefficient (Wildman–Crippen LogP) is 2.68. The molecule has 0 radical (unpaired) electrons. The van der Waals surface area contributed by atoms with Gasteiger partial charge in [-0.05, 0) is 37.0 Å². The minimum atomic E-state index is -0.577. The molecular formula is C14H18ClFN2O. The molecule has 2 rings (SSSR count). The van der Waals surface area contributed by atoms with Gasteiger partial charge in [0.25, 0.3) is 5.91 Å². The highest BCUT2D eigenvalue weighted by Gasteiger charge is 2.32. The molecule has 19 heavy (non-hydrogen) atoms. The van der Waals surface area contributed by atoms with E-state index < -0.39 is 5.82 Å². The second kappa shape index (κ2) is 5.88. The van der Waals surface area contributed by atoms with Crippen molar-refractivity contribution in [2.45, 2.75) is 25.8 Å². The van der Waals surface area contributed by atoms with E-state index in [0.717, 1.165) is 12.8 Å². The van der Waals surface area contributed by atoms with Gasteiger partial charge in [-0.1, -0.05) is 18.5 Å². The van der Waals surface area contributed by atoms with Gasteiger partial charge < -0.3 is 10.6 Å². The molecule has 5 heteroatoms. The van der Waals surface area contributed by atoms with Crippen LogP contribution in [0.1, 0.15) is 30.1 Å². The number of hydrogen-bond acceptors (Lipinski definition) is 2. The molecule has 1 aliphatic heterocycles. The lowest BCUT2D eigenvalue weighted by Gasteiger charge is -2.39. The number of likely N-dealkylation sites (tertiary alicyclic amines) is 1. The van der Waals surface area contributed by atoms with Crippen LogP contribution in [-0.2, 0) is 0 Å². The molecule has 3 nitrogen and oxygen atoms in total. The Bertz CT molecular complexity index is 481. The molecule has 1 aliphatic rings. The number of halogens is 2. The van der Waals surface area contributed by atoms with Gasteiger partial charge in [-0.3, -0.25) is 4.79 Å². The van der Waals surface area contributed by atoms with Crippen molar-refractivity contribution in [1.29, 1.82) is 0 Å². The van der Waals surface area contributed by atoms with Crippen LogP contribution in [0.2, 0.25) is 5.02 Å². The van der Waals surface area contributed by atoms with Crippen molar-refractivity contribution in [3.63, 3.8) is 0 Å². The summed E-state index contributed by atoms with van der Waals surface area (Å²) in [7, 11) is 0. The van der Waals surface area contributed by atoms with Gasteiger partial charge in [0.15, 0.2) is 0 Å². The topological polar surface area (TPSA) is 46.3 Å². The molecule has 1 fully saturated rings. The number of amides is 1. The molecule has 104 valence electrons. The Morgan fingerprint density at radius 2 is 2.32 bits per heavy atom. The van der Waals surface area contributed by atoms with Crippen LogP contribution < -0.4 is 5.73 Å². The third-order valence-electron chi connectivity index (χ3n) is 3.78. The molecule has 0 unspecified atom stereocenters. The van der Waals surface area contributed by atoms with E-state index in [1.54, 1.807) is 4.90 Å². The van der Waals surface area contributed by atoms with Crippen LogP contribution in [0.5, 0.6) is 0 Å². The highest BCUT2D eigenvalue weighted by atomic mass is 35.5. The zero-order valence-corrected chi connectivity index (χ0v) is 11.7. The second-order valence-corrected chi connectivity index (χ2v) is 5.48. The Hall–Kier alpha value is -1.13. The van der Waals surface area contributed by atoms with E-state index in [4.69, 9.17) is 17.3 Å². The van der Waals surface area contributed by atoms with Crippen LogP contribution in [0.4, 0.5) is 4.39 Å². The molecule has 0 aliphatic carbocycles. The van der Waals surface area contributed by atoms with Crippen molar-refractivity contribution in [1.82, 2.24) is 4.90 Å². The molecule has 0 aromatic heterocycles. The first kappa shape index (κ1) is 14.3. The lowest BCUT2D eigenvalue weighted by molar-refractivity contribution is 0.0528. The van der Waals surface area contributed by atoms with E-state index in [-0.39, 0.29) is 22.5 Å². The summed E-state index contributed by atoms with van der Waals surface area (Å²) in [5.74, 6) is -0.527. The molecule has 0 bridgehead atoms. The maximum Gasteiger partial charge on any atom is 0.257 e. The second-order valence-electron chi connectivity index (χ2n) is 5.05. The minimum absolute atomic E-state index is 0.0173. The summed E-state index contributed by atoms with van der Waals surface area (Å²) < 4.78 is 13.8. The monoisotopic (exact) mass is 284 g/mol. The normalized spacial score (nSPS) is 23.5. The fourth-order valence-corrected chi connectivity index (χ4v) is 2.84. The van der Waals surface area contributed by atoms with Crippen LogP contribution in [0.25, 0.3) is 0 Å². The quantitative estimate of drug-likeness (QED) is 0.907. The first-order chi connectivity index (χ1) is 9.04. The minimum Gasteiger partial charge on any atom is -0.334 e. The molecule has 1 saturated heterocycles. The van der Waals surface area contributed by atoms with Crippen LogP contribution in [-0.4, -0.2) is 29.9 Å². The summed E-state index contributed by atoms with van der Waals surface area (Å²) >= 11 is 5.70. The number of benzene rings is 1. The van der Waals surface area contributed by atoms with Crippen molar-refractivity contribution >= 4 is 17.5 Å². The highest BCUT2D eigenvalue weighted by Crippen LogP contribution is 2.25. The standard InChI is InChI=1S/C14H18ClFN2O/c1-9-3-2-6-18(13(9)8-17)14(19)11-5-4-10(15)7-12(11)16/h4-5,7,9,13H,2-3,6,8,17H2,1H3/t9-,13+/m1/s1. The Balaban J connectivity index is 2.27. The van der Waals surface area contributed by atoms with Gasteiger partial charge in [0.1, 0.15) is 5.82 Å². The van der Waals surface area contributed by atoms with Crippen molar-refractivity contribution in [2.75, 3.05) is 13.1 Å². The van der Waals surface area contributed by atoms with E-state index in [1.807, 2.05) is 0 Å². The fourth-order valence-electron chi connectivity index (χ4n) is 2.68. The molecule has 2 atom stereocenters. The average molecular weight is 285 g/mol. The Labute approximate surface area is 117 Å². The molecule has 1 amide bonds. The number of carbonyl (C=O) groups is 1. The Kier molecular flexibility index (Phi) is 4.42. The van der Waals surface area contributed by atoms with Crippen molar-refractivity contribution < 1.29 is 9.18 Å². The SMILES string of the molecule is C[C@@H]1CCCN(C(=O)c2ccc(Cl)cc2F)[C@H]1CN. The summed E-state index contributed by atoms with van der Waals surface area (Å²) in [5.41, 5.74) is 5.82. The Morgan fingerprint density at radius 3 is 2.95 bits per heavy atom. The van der Waals surface area contributed by atoms with Gasteiger partial charge in [0, 0.05) is 24.2 Å². The van der Waals surface area contributed by atoms with Crippen LogP contribution in [0, 0.1) is 11.7 Å². The number of piperidine rings is 1. The summed E-state index contributed by atoms with van der Waals surface area (Å²) in [6, 6.07) is 4.12. The van der Waals surface area contributed by atoms with E-state index >= 15 is 0 Å². The van der Waals surface area contributed by atoms with Gasteiger partial charge in [-0.15, -0.1) is 0 Å². The number of rotatable bonds is 2. The first-order valence-electron chi connectivity index (χ1n) is 6.50. The molecule has 0 saturated carbocycles. The molecule has 1 aromatic carbocycles. The molecule has 1 aromatic rings. The maximum atomic E-state index is 13.8. The van der Waals surface area contributed by atoms with Gasteiger partial charge in [-0.25, -0.2) is 4.39 Å². The molecule has 1 heterocycles. The number of carbonyl (C=O) groups excluding carboxylic acids is 1. The Morgan fingerprint density at radius 1 is 1.58 bits per heavy atom. The van der Waals surface area contributed by atoms with Crippen molar-refractivity contribution in [3.05, 3.63) is 34.6 Å². The first-order valence-corrected chi connectivity index (χ1v) is 6.88. The van der Waals surface area contributed by atoms with Gasteiger partial charge in [0.2, 0.25) is 0 Å². The number of hydrogen-bond donors (Lipinski definition) is 1. The lowest BCUT2D eigenvalue weighted by atomic mass is 9.90. The zero-order chi connectivity index (χ0) is 14.0. The van der Waals surface area contributed by atoms with Crippen molar-refractivity contribution in [3.8, 4) is 0 Å². The van der Waals surface area contributed by atoms with Gasteiger partial charge >= 0.3 is 0 Å². The number of nitrogens with zero attached hydrogens (tertiary/aromatic N) is 1. The average Bonchev–Trinajstić information content (AvgIpc) is 2.37. The van der Waals surface area contributed by atoms with Gasteiger partial charge in [0.05, 0.1) is 5.56 Å². The van der Waals surface area contributed by atoms with Crippen LogP contribution in [0.3, 0.4) is 0 Å². The van der Waals surface area contributed by atoms with E-state index in [0.29, 0.717) is 19.0 Å². The van der Waals surface area contributed by atoms with E-state index in [9.17, 15) is 9.18 Å². The summed E-state index contributed by atoms with van der Waals surface area (Å²) in [6.45, 7) is 3.12. The summed E-state index contributed by atoms with van der Waals surface area (Å²) in [5, 5.41) is 0.288. The lowest BCUT2D eigenvalue weighted by Crippen LogP contribution is -2.51. The fraction of sp³-hybridized carbons (Fsp3) is 0.500. The number of nitrogens with two attached hydrogens (primary N) is 1. The van der Waals surface area contributed by atoms with Crippen LogP contribution >= 0.6 is 11.6 Å². The predicted molar refractivity (Wildman–Crippen MR) is 73.7 cm³/mol. The molecular weight excluding hydrogens is 267 g/mol. The highest BCUT2D eigenvalue weighted by molar-refractivity contribution is 6.30. The zero-order valence-electron chi connectivity index (χ0n) is 10.9. The van der Waals surface area contributed by atoms with E-state index in [1.165, 1.54) is 18.2 Å². The smallest absolute Gasteiger partial charge is 0.257 e. The summed E-state index contributed by atoms with van der Waals surface area (Å²) in [6.07, 6.45) is 1.98. The molecule has 2 N–H and O–H groups in total. The third-order valence-corrected chi connectivity index (χ3v) is 4.01. The third kappa shape index (κ3) is 2.90. The van der Waals surface area contributed by atoms with Crippen LogP contribution in [0.15, 0.2) is 18.2 Å². The maximum absolute atomic E-state index is 13.8. The molecule has 0 spiro atoms. The van der Waals surface area contributed by atoms with E-state index in [2.05, 4.69) is 6.92 Å². The summed E-state index contributed by atoms with van der Waals surface area (Å²) in [4.78, 5) is 14.1. The van der Waals surface area contributed by atoms with Crippen molar-refractivity contribution in [2.24, 2.45) is 11.7 Å². The largest absolute Gasteiger partial charge is 0.334 e.